The van der Waals surface area contributed by atoms with Crippen LogP contribution in [0.15, 0.2) is 55.1 Å². The number of hydrogen-bond acceptors (Lipinski definition) is 1. The van der Waals surface area contributed by atoms with Crippen LogP contribution in [0.4, 0.5) is 0 Å². The third-order valence-corrected chi connectivity index (χ3v) is 2.37. The van der Waals surface area contributed by atoms with Crippen LogP contribution in [0.5, 0.6) is 5.75 Å². The predicted octanol–water partition coefficient (Wildman–Crippen LogP) is 3.70. The summed E-state index contributed by atoms with van der Waals surface area (Å²) in [5.41, 5.74) is 2.61. The van der Waals surface area contributed by atoms with Gasteiger partial charge in [-0.05, 0) is 5.56 Å². The van der Waals surface area contributed by atoms with Gasteiger partial charge in [0.1, 0.15) is 5.75 Å². The first kappa shape index (κ1) is 9.53. The fourth-order valence-electron chi connectivity index (χ4n) is 1.58. The van der Waals surface area contributed by atoms with Crippen molar-refractivity contribution in [2.24, 2.45) is 0 Å². The van der Waals surface area contributed by atoms with Gasteiger partial charge in [0.25, 0.3) is 0 Å². The largest absolute Gasteiger partial charge is 0.507 e. The molecule has 15 heavy (non-hydrogen) atoms. The molecule has 2 aromatic rings. The van der Waals surface area contributed by atoms with Crippen LogP contribution in [0, 0.1) is 0 Å². The van der Waals surface area contributed by atoms with Gasteiger partial charge in [-0.3, -0.25) is 0 Å². The van der Waals surface area contributed by atoms with E-state index in [4.69, 9.17) is 0 Å². The van der Waals surface area contributed by atoms with Gasteiger partial charge in [0.2, 0.25) is 0 Å². The second-order valence-electron chi connectivity index (χ2n) is 3.31. The lowest BCUT2D eigenvalue weighted by Gasteiger charge is -2.06. The number of hydrogen-bond donors (Lipinski definition) is 1. The molecule has 0 heterocycles. The first-order chi connectivity index (χ1) is 7.33. The molecular weight excluding hydrogens is 184 g/mol. The average Bonchev–Trinajstić information content (AvgIpc) is 2.30. The first-order valence-corrected chi connectivity index (χ1v) is 4.83. The minimum Gasteiger partial charge on any atom is -0.507 e. The lowest BCUT2D eigenvalue weighted by Crippen LogP contribution is -1.81. The topological polar surface area (TPSA) is 20.2 Å². The molecule has 74 valence electrons. The maximum atomic E-state index is 9.97. The molecule has 0 spiro atoms. The van der Waals surface area contributed by atoms with Crippen molar-refractivity contribution in [1.29, 1.82) is 0 Å². The summed E-state index contributed by atoms with van der Waals surface area (Å²) in [7, 11) is 0. The van der Waals surface area contributed by atoms with Crippen LogP contribution in [0.25, 0.3) is 17.2 Å². The van der Waals surface area contributed by atoms with Crippen molar-refractivity contribution >= 4 is 6.08 Å². The Bertz CT molecular complexity index is 472. The average molecular weight is 196 g/mol. The van der Waals surface area contributed by atoms with Crippen molar-refractivity contribution in [3.8, 4) is 16.9 Å². The number of para-hydroxylation sites is 1. The summed E-state index contributed by atoms with van der Waals surface area (Å²) in [5, 5.41) is 9.97. The van der Waals surface area contributed by atoms with Gasteiger partial charge >= 0.3 is 0 Å². The first-order valence-electron chi connectivity index (χ1n) is 4.83. The molecule has 0 amide bonds. The Morgan fingerprint density at radius 1 is 0.933 bits per heavy atom. The third kappa shape index (κ3) is 1.77. The summed E-state index contributed by atoms with van der Waals surface area (Å²) in [6, 6.07) is 15.5. The zero-order valence-corrected chi connectivity index (χ0v) is 8.35. The summed E-state index contributed by atoms with van der Waals surface area (Å²) >= 11 is 0. The molecule has 0 saturated carbocycles. The van der Waals surface area contributed by atoms with E-state index < -0.39 is 0 Å². The summed E-state index contributed by atoms with van der Waals surface area (Å²) in [6.45, 7) is 3.67. The lowest BCUT2D eigenvalue weighted by atomic mass is 10.0. The van der Waals surface area contributed by atoms with E-state index in [0.717, 1.165) is 16.7 Å². The molecule has 2 rings (SSSR count). The fraction of sp³-hybridized carbons (Fsp3) is 0. The van der Waals surface area contributed by atoms with Gasteiger partial charge in [0.15, 0.2) is 0 Å². The molecule has 0 aliphatic heterocycles. The Hall–Kier alpha value is -2.02. The van der Waals surface area contributed by atoms with Crippen LogP contribution in [0.2, 0.25) is 0 Å². The number of benzene rings is 2. The number of phenolic OH excluding ortho intramolecular Hbond substituents is 1. The maximum absolute atomic E-state index is 9.97. The smallest absolute Gasteiger partial charge is 0.130 e. The quantitative estimate of drug-likeness (QED) is 0.776. The highest BCUT2D eigenvalue weighted by Crippen LogP contribution is 2.32. The van der Waals surface area contributed by atoms with Crippen molar-refractivity contribution in [3.05, 3.63) is 60.7 Å². The fourth-order valence-corrected chi connectivity index (χ4v) is 1.58. The van der Waals surface area contributed by atoms with Crippen LogP contribution < -0.4 is 0 Å². The number of phenols is 1. The summed E-state index contributed by atoms with van der Waals surface area (Å²) in [6.07, 6.45) is 1.65. The van der Waals surface area contributed by atoms with Gasteiger partial charge in [-0.15, -0.1) is 0 Å². The minimum atomic E-state index is 0.290. The zero-order chi connectivity index (χ0) is 10.7. The van der Waals surface area contributed by atoms with Crippen LogP contribution in [-0.4, -0.2) is 5.11 Å². The Morgan fingerprint density at radius 3 is 2.33 bits per heavy atom. The highest BCUT2D eigenvalue weighted by atomic mass is 16.3. The predicted molar refractivity (Wildman–Crippen MR) is 63.6 cm³/mol. The summed E-state index contributed by atoms with van der Waals surface area (Å²) in [4.78, 5) is 0. The van der Waals surface area contributed by atoms with E-state index in [1.165, 1.54) is 0 Å². The van der Waals surface area contributed by atoms with Gasteiger partial charge in [0.05, 0.1) is 0 Å². The Morgan fingerprint density at radius 2 is 1.67 bits per heavy atom. The van der Waals surface area contributed by atoms with Crippen LogP contribution in [0.1, 0.15) is 5.56 Å². The van der Waals surface area contributed by atoms with E-state index in [1.807, 2.05) is 48.5 Å². The van der Waals surface area contributed by atoms with E-state index in [0.29, 0.717) is 5.75 Å². The second-order valence-corrected chi connectivity index (χ2v) is 3.31. The van der Waals surface area contributed by atoms with E-state index >= 15 is 0 Å². The van der Waals surface area contributed by atoms with Gasteiger partial charge in [-0.2, -0.15) is 0 Å². The number of aromatic hydroxyl groups is 1. The Kier molecular flexibility index (Phi) is 2.55. The third-order valence-electron chi connectivity index (χ3n) is 2.37. The normalized spacial score (nSPS) is 9.87. The van der Waals surface area contributed by atoms with Crippen LogP contribution in [0.3, 0.4) is 0 Å². The lowest BCUT2D eigenvalue weighted by molar-refractivity contribution is 0.476. The van der Waals surface area contributed by atoms with Crippen LogP contribution in [-0.2, 0) is 0 Å². The minimum absolute atomic E-state index is 0.290. The molecule has 0 aliphatic rings. The molecule has 2 aromatic carbocycles. The van der Waals surface area contributed by atoms with E-state index in [9.17, 15) is 5.11 Å². The van der Waals surface area contributed by atoms with Gasteiger partial charge < -0.3 is 5.11 Å². The van der Waals surface area contributed by atoms with Crippen molar-refractivity contribution in [2.75, 3.05) is 0 Å². The molecule has 0 fully saturated rings. The SMILES string of the molecule is C=Cc1cccc(-c2ccccc2)c1O. The van der Waals surface area contributed by atoms with Crippen LogP contribution >= 0.6 is 0 Å². The summed E-state index contributed by atoms with van der Waals surface area (Å²) in [5.74, 6) is 0.290. The van der Waals surface area contributed by atoms with Crippen molar-refractivity contribution in [2.45, 2.75) is 0 Å². The highest BCUT2D eigenvalue weighted by Gasteiger charge is 2.05. The molecule has 0 aliphatic carbocycles. The van der Waals surface area contributed by atoms with E-state index in [1.54, 1.807) is 6.08 Å². The molecule has 0 unspecified atom stereocenters. The molecule has 1 heteroatoms. The van der Waals surface area contributed by atoms with E-state index in [2.05, 4.69) is 6.58 Å². The Balaban J connectivity index is 2.59. The van der Waals surface area contributed by atoms with Gasteiger partial charge in [0, 0.05) is 11.1 Å². The van der Waals surface area contributed by atoms with Gasteiger partial charge in [-0.25, -0.2) is 0 Å². The molecule has 0 saturated heterocycles. The number of rotatable bonds is 2. The van der Waals surface area contributed by atoms with Crippen molar-refractivity contribution in [3.63, 3.8) is 0 Å². The summed E-state index contributed by atoms with van der Waals surface area (Å²) < 4.78 is 0. The molecule has 1 nitrogen and oxygen atoms in total. The van der Waals surface area contributed by atoms with Gasteiger partial charge in [-0.1, -0.05) is 61.2 Å². The van der Waals surface area contributed by atoms with E-state index in [-0.39, 0.29) is 0 Å². The molecule has 1 N–H and O–H groups in total. The zero-order valence-electron chi connectivity index (χ0n) is 8.35. The van der Waals surface area contributed by atoms with Crippen molar-refractivity contribution < 1.29 is 5.11 Å². The molecular formula is C14H12O. The Labute approximate surface area is 89.3 Å². The highest BCUT2D eigenvalue weighted by molar-refractivity contribution is 5.75. The molecule has 0 atom stereocenters. The molecule has 0 aromatic heterocycles. The standard InChI is InChI=1S/C14H12O/c1-2-11-9-6-10-13(14(11)15)12-7-4-3-5-8-12/h2-10,15H,1H2. The molecule has 0 radical (unpaired) electrons. The molecule has 0 bridgehead atoms. The van der Waals surface area contributed by atoms with Crippen molar-refractivity contribution in [1.82, 2.24) is 0 Å². The monoisotopic (exact) mass is 196 g/mol. The maximum Gasteiger partial charge on any atom is 0.130 e. The second kappa shape index (κ2) is 4.01.